The van der Waals surface area contributed by atoms with Crippen molar-refractivity contribution in [3.8, 4) is 0 Å². The lowest BCUT2D eigenvalue weighted by Crippen LogP contribution is -2.74. The van der Waals surface area contributed by atoms with Crippen molar-refractivity contribution in [1.82, 2.24) is 0 Å². The summed E-state index contributed by atoms with van der Waals surface area (Å²) in [5, 5.41) is 0. The molecule has 0 N–H and O–H groups in total. The molecule has 0 aliphatic carbocycles. The van der Waals surface area contributed by atoms with Crippen LogP contribution in [0.2, 0.25) is 0 Å². The molecule has 0 spiro atoms. The van der Waals surface area contributed by atoms with Gasteiger partial charge < -0.3 is 0 Å². The number of rotatable bonds is 4. The Morgan fingerprint density at radius 1 is 0.268 bits per heavy atom. The van der Waals surface area contributed by atoms with Crippen LogP contribution < -0.4 is 21.9 Å². The molecule has 0 aliphatic heterocycles. The first-order valence-corrected chi connectivity index (χ1v) is 11.7. The number of hydrogen-bond acceptors (Lipinski definition) is 0. The Morgan fingerprint density at radius 2 is 0.415 bits per heavy atom. The van der Waals surface area contributed by atoms with Gasteiger partial charge in [-0.2, -0.15) is 74.5 Å². The smallest absolute Gasteiger partial charge is 0.195 e. The number of halogens is 12. The molecule has 0 amide bonds. The molecule has 0 unspecified atom stereocenters. The van der Waals surface area contributed by atoms with Crippen molar-refractivity contribution in [2.45, 2.75) is 24.7 Å². The van der Waals surface area contributed by atoms with Gasteiger partial charge in [0.25, 0.3) is 0 Å². The summed E-state index contributed by atoms with van der Waals surface area (Å²) in [5.41, 5.74) is -4.29. The van der Waals surface area contributed by atoms with E-state index in [1.54, 1.807) is 0 Å². The third-order valence-corrected chi connectivity index (χ3v) is 6.95. The molecule has 4 rings (SSSR count). The Balaban J connectivity index is 2.09. The minimum atomic E-state index is -4.77. The molecule has 0 saturated carbocycles. The van der Waals surface area contributed by atoms with Crippen molar-refractivity contribution in [3.05, 3.63) is 119 Å². The fourth-order valence-electron chi connectivity index (χ4n) is 5.00. The minimum Gasteiger partial charge on any atom is -0.195 e. The lowest BCUT2D eigenvalue weighted by atomic mass is 9.13. The molecule has 4 aromatic carbocycles. The van der Waals surface area contributed by atoms with Crippen molar-refractivity contribution in [1.29, 1.82) is 0 Å². The van der Waals surface area contributed by atoms with Crippen molar-refractivity contribution in [3.63, 3.8) is 0 Å². The van der Waals surface area contributed by atoms with Gasteiger partial charge in [-0.15, -0.1) is 0 Å². The molecule has 0 heterocycles. The van der Waals surface area contributed by atoms with Gasteiger partial charge in [0.15, 0.2) is 0 Å². The molecule has 0 radical (unpaired) electrons. The van der Waals surface area contributed by atoms with Gasteiger partial charge in [0.2, 0.25) is 0 Å². The van der Waals surface area contributed by atoms with E-state index >= 15 is 0 Å². The molecule has 0 aliphatic rings. The zero-order valence-corrected chi connectivity index (χ0v) is 20.4. The summed E-state index contributed by atoms with van der Waals surface area (Å²) in [6.07, 6.45) is -22.0. The lowest BCUT2D eigenvalue weighted by molar-refractivity contribution is -0.138. The van der Waals surface area contributed by atoms with Crippen LogP contribution in [0.4, 0.5) is 52.7 Å². The van der Waals surface area contributed by atoms with Gasteiger partial charge in [0, 0.05) is 0 Å². The zero-order valence-electron chi connectivity index (χ0n) is 20.4. The van der Waals surface area contributed by atoms with Crippen LogP contribution in [-0.4, -0.2) is 6.15 Å². The van der Waals surface area contributed by atoms with E-state index in [1.807, 2.05) is 0 Å². The van der Waals surface area contributed by atoms with Crippen LogP contribution >= 0.6 is 0 Å². The predicted molar refractivity (Wildman–Crippen MR) is 130 cm³/mol. The van der Waals surface area contributed by atoms with Gasteiger partial charge in [-0.05, 0) is 0 Å². The Kier molecular flexibility index (Phi) is 7.47. The Labute approximate surface area is 225 Å². The average Bonchev–Trinajstić information content (AvgIpc) is 2.88. The van der Waals surface area contributed by atoms with Crippen LogP contribution in [-0.2, 0) is 24.7 Å². The molecule has 216 valence electrons. The predicted octanol–water partition coefficient (Wildman–Crippen LogP) is 7.14. The molecule has 13 heteroatoms. The lowest BCUT2D eigenvalue weighted by Gasteiger charge is -2.44. The molecule has 0 saturated heterocycles. The van der Waals surface area contributed by atoms with E-state index in [4.69, 9.17) is 0 Å². The van der Waals surface area contributed by atoms with Gasteiger partial charge in [-0.3, -0.25) is 0 Å². The first-order chi connectivity index (χ1) is 18.8. The van der Waals surface area contributed by atoms with Crippen molar-refractivity contribution in [2.75, 3.05) is 0 Å². The molecule has 0 bridgehead atoms. The molecule has 0 atom stereocenters. The van der Waals surface area contributed by atoms with Crippen LogP contribution in [0.25, 0.3) is 0 Å². The fraction of sp³-hybridized carbons (Fsp3) is 0.143. The standard InChI is InChI=1S/C28H16BF12/c30-25(31,32)17-1-9-21(10-2-17)29(22-11-3-18(4-12-22)26(33,34)35,23-13-5-19(6-14-23)27(36,37)38)24-15-7-20(8-16-24)28(39,40)41/h1-16H/q-1. The molecule has 0 fully saturated rings. The van der Waals surface area contributed by atoms with E-state index in [9.17, 15) is 52.7 Å². The quantitative estimate of drug-likeness (QED) is 0.175. The van der Waals surface area contributed by atoms with Crippen molar-refractivity contribution in [2.24, 2.45) is 0 Å². The van der Waals surface area contributed by atoms with Crippen molar-refractivity contribution >= 4 is 28.0 Å². The summed E-state index contributed by atoms with van der Waals surface area (Å²) >= 11 is 0. The second kappa shape index (κ2) is 10.2. The monoisotopic (exact) mass is 591 g/mol. The number of benzene rings is 4. The van der Waals surface area contributed by atoms with E-state index in [-0.39, 0.29) is 21.9 Å². The van der Waals surface area contributed by atoms with Gasteiger partial charge in [0.05, 0.1) is 22.3 Å². The first-order valence-electron chi connectivity index (χ1n) is 11.7. The van der Waals surface area contributed by atoms with Crippen LogP contribution in [0.15, 0.2) is 97.1 Å². The summed E-state index contributed by atoms with van der Waals surface area (Å²) < 4.78 is 160. The summed E-state index contributed by atoms with van der Waals surface area (Å²) in [6.45, 7) is 0. The summed E-state index contributed by atoms with van der Waals surface area (Å²) in [4.78, 5) is 0. The van der Waals surface area contributed by atoms with Gasteiger partial charge in [-0.1, -0.05) is 97.1 Å². The van der Waals surface area contributed by atoms with E-state index < -0.39 is 53.1 Å². The first kappa shape index (κ1) is 30.1. The average molecular weight is 591 g/mol. The molecule has 4 aromatic rings. The van der Waals surface area contributed by atoms with Gasteiger partial charge in [0.1, 0.15) is 6.15 Å². The van der Waals surface area contributed by atoms with Crippen molar-refractivity contribution < 1.29 is 52.7 Å². The number of hydrogen-bond donors (Lipinski definition) is 0. The maximum absolute atomic E-state index is 13.3. The highest BCUT2D eigenvalue weighted by Gasteiger charge is 2.38. The molecular formula is C28H16BF12-. The summed E-state index contributed by atoms with van der Waals surface area (Å²) in [6, 6.07) is 13.6. The maximum atomic E-state index is 13.3. The van der Waals surface area contributed by atoms with E-state index in [1.165, 1.54) is 0 Å². The minimum absolute atomic E-state index is 0.0114. The van der Waals surface area contributed by atoms with Gasteiger partial charge in [-0.25, -0.2) is 0 Å². The van der Waals surface area contributed by atoms with Crippen LogP contribution in [0.3, 0.4) is 0 Å². The fourth-order valence-corrected chi connectivity index (χ4v) is 5.00. The van der Waals surface area contributed by atoms with Crippen LogP contribution in [0.5, 0.6) is 0 Å². The molecule has 0 aromatic heterocycles. The summed E-state index contributed by atoms with van der Waals surface area (Å²) in [5.74, 6) is 0. The normalized spacial score (nSPS) is 13.4. The molecule has 41 heavy (non-hydrogen) atoms. The largest absolute Gasteiger partial charge is 0.416 e. The highest BCUT2D eigenvalue weighted by molar-refractivity contribution is 7.19. The zero-order chi connectivity index (χ0) is 30.4. The third-order valence-electron chi connectivity index (χ3n) is 6.95. The second-order valence-electron chi connectivity index (χ2n) is 9.35. The summed E-state index contributed by atoms with van der Waals surface area (Å²) in [7, 11) is 0. The number of alkyl halides is 12. The maximum Gasteiger partial charge on any atom is 0.416 e. The van der Waals surface area contributed by atoms with E-state index in [0.717, 1.165) is 48.5 Å². The third kappa shape index (κ3) is 5.94. The topological polar surface area (TPSA) is 0 Å². The van der Waals surface area contributed by atoms with Crippen LogP contribution in [0.1, 0.15) is 22.3 Å². The molecular weight excluding hydrogens is 575 g/mol. The Morgan fingerprint density at radius 3 is 0.537 bits per heavy atom. The van der Waals surface area contributed by atoms with Crippen LogP contribution in [0, 0.1) is 0 Å². The second-order valence-corrected chi connectivity index (χ2v) is 9.35. The Bertz CT molecular complexity index is 1240. The highest BCUT2D eigenvalue weighted by atomic mass is 19.4. The highest BCUT2D eigenvalue weighted by Crippen LogP contribution is 2.32. The molecule has 0 nitrogen and oxygen atoms in total. The SMILES string of the molecule is FC(F)(F)c1ccc([B-](c2ccc(C(F)(F)F)cc2)(c2ccc(C(F)(F)F)cc2)c2ccc(C(F)(F)F)cc2)cc1. The van der Waals surface area contributed by atoms with E-state index in [0.29, 0.717) is 48.5 Å². The van der Waals surface area contributed by atoms with Gasteiger partial charge >= 0.3 is 24.7 Å². The Hall–Kier alpha value is -3.90. The van der Waals surface area contributed by atoms with E-state index in [2.05, 4.69) is 0 Å².